The minimum absolute atomic E-state index is 0.0467. The van der Waals surface area contributed by atoms with Gasteiger partial charge < -0.3 is 10.6 Å². The molecule has 0 aromatic heterocycles. The molecule has 0 radical (unpaired) electrons. The van der Waals surface area contributed by atoms with E-state index in [0.717, 1.165) is 42.2 Å². The van der Waals surface area contributed by atoms with Crippen molar-refractivity contribution in [2.45, 2.75) is 39.5 Å². The number of rotatable bonds is 6. The molecule has 1 aliphatic rings. The van der Waals surface area contributed by atoms with Crippen LogP contribution in [0.2, 0.25) is 0 Å². The molecule has 104 valence electrons. The molecule has 1 fully saturated rings. The standard InChI is InChI=1S/C16H24N2O/c1-3-17-15-8-7-14(11-12(15)2)16(19)18-10-9-13-5-4-6-13/h7-8,11,13,17H,3-6,9-10H2,1-2H3,(H,18,19). The second-order valence-electron chi connectivity index (χ2n) is 5.40. The zero-order valence-electron chi connectivity index (χ0n) is 12.0. The van der Waals surface area contributed by atoms with Gasteiger partial charge in [0.2, 0.25) is 0 Å². The minimum Gasteiger partial charge on any atom is -0.385 e. The van der Waals surface area contributed by atoms with Gasteiger partial charge in [0.05, 0.1) is 0 Å². The molecule has 3 heteroatoms. The van der Waals surface area contributed by atoms with Crippen LogP contribution in [0.15, 0.2) is 18.2 Å². The Hall–Kier alpha value is -1.51. The number of hydrogen-bond acceptors (Lipinski definition) is 2. The molecular formula is C16H24N2O. The molecule has 0 aliphatic heterocycles. The third kappa shape index (κ3) is 3.72. The van der Waals surface area contributed by atoms with Gasteiger partial charge in [0, 0.05) is 24.3 Å². The van der Waals surface area contributed by atoms with E-state index in [0.29, 0.717) is 0 Å². The summed E-state index contributed by atoms with van der Waals surface area (Å²) in [5.74, 6) is 0.892. The number of aryl methyl sites for hydroxylation is 1. The van der Waals surface area contributed by atoms with Gasteiger partial charge >= 0.3 is 0 Å². The van der Waals surface area contributed by atoms with Gasteiger partial charge in [-0.05, 0) is 49.9 Å². The second-order valence-corrected chi connectivity index (χ2v) is 5.40. The highest BCUT2D eigenvalue weighted by atomic mass is 16.1. The number of hydrogen-bond donors (Lipinski definition) is 2. The van der Waals surface area contributed by atoms with Gasteiger partial charge in [-0.3, -0.25) is 4.79 Å². The van der Waals surface area contributed by atoms with Gasteiger partial charge in [0.1, 0.15) is 0 Å². The first kappa shape index (κ1) is 13.9. The average Bonchev–Trinajstić information content (AvgIpc) is 2.35. The summed E-state index contributed by atoms with van der Waals surface area (Å²) in [7, 11) is 0. The van der Waals surface area contributed by atoms with Gasteiger partial charge in [-0.2, -0.15) is 0 Å². The molecule has 1 amide bonds. The lowest BCUT2D eigenvalue weighted by Crippen LogP contribution is -2.27. The van der Waals surface area contributed by atoms with E-state index < -0.39 is 0 Å². The highest BCUT2D eigenvalue weighted by Gasteiger charge is 2.17. The molecule has 1 aromatic rings. The first-order valence-electron chi connectivity index (χ1n) is 7.33. The molecule has 0 atom stereocenters. The van der Waals surface area contributed by atoms with E-state index in [2.05, 4.69) is 17.6 Å². The molecular weight excluding hydrogens is 236 g/mol. The molecule has 3 nitrogen and oxygen atoms in total. The number of anilines is 1. The summed E-state index contributed by atoms with van der Waals surface area (Å²) in [5.41, 5.74) is 2.98. The van der Waals surface area contributed by atoms with Crippen molar-refractivity contribution >= 4 is 11.6 Å². The molecule has 0 unspecified atom stereocenters. The summed E-state index contributed by atoms with van der Waals surface area (Å²) in [6, 6.07) is 5.83. The molecule has 0 heterocycles. The molecule has 19 heavy (non-hydrogen) atoms. The van der Waals surface area contributed by atoms with Crippen LogP contribution in [0.5, 0.6) is 0 Å². The summed E-state index contributed by atoms with van der Waals surface area (Å²) >= 11 is 0. The fourth-order valence-corrected chi connectivity index (χ4v) is 2.47. The van der Waals surface area contributed by atoms with Crippen LogP contribution in [0.3, 0.4) is 0 Å². The summed E-state index contributed by atoms with van der Waals surface area (Å²) < 4.78 is 0. The molecule has 0 bridgehead atoms. The number of amides is 1. The van der Waals surface area contributed by atoms with Gasteiger partial charge in [-0.15, -0.1) is 0 Å². The molecule has 2 N–H and O–H groups in total. The zero-order chi connectivity index (χ0) is 13.7. The number of carbonyl (C=O) groups excluding carboxylic acids is 1. The fourth-order valence-electron chi connectivity index (χ4n) is 2.47. The SMILES string of the molecule is CCNc1ccc(C(=O)NCCC2CCC2)cc1C. The van der Waals surface area contributed by atoms with E-state index in [-0.39, 0.29) is 5.91 Å². The van der Waals surface area contributed by atoms with Crippen molar-refractivity contribution in [3.8, 4) is 0 Å². The molecule has 0 saturated heterocycles. The summed E-state index contributed by atoms with van der Waals surface area (Å²) in [6.45, 7) is 5.80. The van der Waals surface area contributed by atoms with Crippen LogP contribution in [0, 0.1) is 12.8 Å². The Morgan fingerprint density at radius 3 is 2.74 bits per heavy atom. The van der Waals surface area contributed by atoms with E-state index in [9.17, 15) is 4.79 Å². The molecule has 1 saturated carbocycles. The Morgan fingerprint density at radius 1 is 1.37 bits per heavy atom. The number of carbonyl (C=O) groups is 1. The van der Waals surface area contributed by atoms with E-state index in [1.165, 1.54) is 19.3 Å². The van der Waals surface area contributed by atoms with Gasteiger partial charge in [0.25, 0.3) is 5.91 Å². The zero-order valence-corrected chi connectivity index (χ0v) is 12.0. The molecule has 1 aromatic carbocycles. The smallest absolute Gasteiger partial charge is 0.251 e. The predicted molar refractivity (Wildman–Crippen MR) is 79.6 cm³/mol. The summed E-state index contributed by atoms with van der Waals surface area (Å²) in [4.78, 5) is 12.0. The van der Waals surface area contributed by atoms with Crippen LogP contribution in [-0.2, 0) is 0 Å². The fraction of sp³-hybridized carbons (Fsp3) is 0.562. The highest BCUT2D eigenvalue weighted by Crippen LogP contribution is 2.28. The molecule has 1 aliphatic carbocycles. The maximum atomic E-state index is 12.0. The predicted octanol–water partition coefficient (Wildman–Crippen LogP) is 3.35. The maximum absolute atomic E-state index is 12.0. The summed E-state index contributed by atoms with van der Waals surface area (Å²) in [5, 5.41) is 6.30. The van der Waals surface area contributed by atoms with Crippen LogP contribution in [0.25, 0.3) is 0 Å². The Bertz CT molecular complexity index is 438. The average molecular weight is 260 g/mol. The number of nitrogens with one attached hydrogen (secondary N) is 2. The lowest BCUT2D eigenvalue weighted by molar-refractivity contribution is 0.0949. The quantitative estimate of drug-likeness (QED) is 0.823. The van der Waals surface area contributed by atoms with Crippen LogP contribution in [0.4, 0.5) is 5.69 Å². The molecule has 0 spiro atoms. The third-order valence-corrected chi connectivity index (χ3v) is 3.92. The Kier molecular flexibility index (Phi) is 4.83. The third-order valence-electron chi connectivity index (χ3n) is 3.92. The van der Waals surface area contributed by atoms with Crippen LogP contribution in [0.1, 0.15) is 48.5 Å². The van der Waals surface area contributed by atoms with Gasteiger partial charge in [0.15, 0.2) is 0 Å². The largest absolute Gasteiger partial charge is 0.385 e. The number of benzene rings is 1. The first-order valence-corrected chi connectivity index (χ1v) is 7.33. The van der Waals surface area contributed by atoms with Crippen molar-refractivity contribution in [2.75, 3.05) is 18.4 Å². The van der Waals surface area contributed by atoms with E-state index in [1.54, 1.807) is 0 Å². The Balaban J connectivity index is 1.85. The lowest BCUT2D eigenvalue weighted by Gasteiger charge is -2.25. The van der Waals surface area contributed by atoms with Crippen molar-refractivity contribution in [3.63, 3.8) is 0 Å². The van der Waals surface area contributed by atoms with Crippen LogP contribution in [-0.4, -0.2) is 19.0 Å². The van der Waals surface area contributed by atoms with Crippen molar-refractivity contribution in [2.24, 2.45) is 5.92 Å². The summed E-state index contributed by atoms with van der Waals surface area (Å²) in [6.07, 6.45) is 5.17. The lowest BCUT2D eigenvalue weighted by atomic mass is 9.83. The van der Waals surface area contributed by atoms with Crippen LogP contribution < -0.4 is 10.6 Å². The minimum atomic E-state index is 0.0467. The van der Waals surface area contributed by atoms with Gasteiger partial charge in [-0.25, -0.2) is 0 Å². The van der Waals surface area contributed by atoms with Crippen LogP contribution >= 0.6 is 0 Å². The van der Waals surface area contributed by atoms with E-state index in [4.69, 9.17) is 0 Å². The first-order chi connectivity index (χ1) is 9.20. The Morgan fingerprint density at radius 2 is 2.16 bits per heavy atom. The van der Waals surface area contributed by atoms with Crippen molar-refractivity contribution in [1.82, 2.24) is 5.32 Å². The van der Waals surface area contributed by atoms with E-state index in [1.807, 2.05) is 25.1 Å². The normalized spacial score (nSPS) is 14.8. The van der Waals surface area contributed by atoms with E-state index >= 15 is 0 Å². The topological polar surface area (TPSA) is 41.1 Å². The Labute approximate surface area is 115 Å². The highest BCUT2D eigenvalue weighted by molar-refractivity contribution is 5.94. The van der Waals surface area contributed by atoms with Gasteiger partial charge in [-0.1, -0.05) is 19.3 Å². The second kappa shape index (κ2) is 6.60. The van der Waals surface area contributed by atoms with Crippen molar-refractivity contribution in [3.05, 3.63) is 29.3 Å². The van der Waals surface area contributed by atoms with Crippen molar-refractivity contribution < 1.29 is 4.79 Å². The monoisotopic (exact) mass is 260 g/mol. The molecule has 2 rings (SSSR count). The maximum Gasteiger partial charge on any atom is 0.251 e. The van der Waals surface area contributed by atoms with Crippen molar-refractivity contribution in [1.29, 1.82) is 0 Å².